The summed E-state index contributed by atoms with van der Waals surface area (Å²) < 4.78 is 0. The van der Waals surface area contributed by atoms with Crippen molar-refractivity contribution in [2.45, 2.75) is 0 Å². The van der Waals surface area contributed by atoms with Crippen LogP contribution in [0.25, 0.3) is 0 Å². The van der Waals surface area contributed by atoms with Gasteiger partial charge in [0.15, 0.2) is 0 Å². The van der Waals surface area contributed by atoms with Gasteiger partial charge in [-0.25, -0.2) is 0 Å². The molecule has 0 bridgehead atoms. The Balaban J connectivity index is -0.0000000250. The Bertz CT molecular complexity index is 213. The van der Waals surface area contributed by atoms with Crippen LogP contribution in [-0.2, 0) is 0 Å². The zero-order chi connectivity index (χ0) is 17.9. The maximum absolute atomic E-state index is 8.25. The predicted molar refractivity (Wildman–Crippen MR) is 63.3 cm³/mol. The first-order valence-corrected chi connectivity index (χ1v) is 2.74. The second-order valence-electron chi connectivity index (χ2n) is 1.12. The third-order valence-corrected chi connectivity index (χ3v) is 0. The summed E-state index contributed by atoms with van der Waals surface area (Å²) in [5.74, 6) is 0. The van der Waals surface area contributed by atoms with Crippen LogP contribution in [-0.4, -0.2) is 78.9 Å². The topological polar surface area (TPSA) is 331 Å². The summed E-state index contributed by atoms with van der Waals surface area (Å²) in [4.78, 5) is 41.2. The van der Waals surface area contributed by atoms with E-state index in [9.17, 15) is 0 Å². The van der Waals surface area contributed by atoms with Gasteiger partial charge in [0.2, 0.25) is 0 Å². The van der Waals surface area contributed by atoms with Crippen molar-refractivity contribution in [1.82, 2.24) is 0 Å². The molecule has 124 valence electrons. The van der Waals surface area contributed by atoms with Crippen LogP contribution in [0.5, 0.6) is 0 Å². The van der Waals surface area contributed by atoms with E-state index in [0.717, 1.165) is 0 Å². The van der Waals surface area contributed by atoms with E-state index in [1.165, 1.54) is 0 Å². The van der Waals surface area contributed by atoms with E-state index in [0.29, 0.717) is 0 Å². The Hall–Kier alpha value is -2.19. The first-order valence-electron chi connectivity index (χ1n) is 2.74. The minimum Gasteiger partial charge on any atom is -0.356 e. The number of nitrogens with zero attached hydrogens (tertiary/aromatic N) is 5. The van der Waals surface area contributed by atoms with Crippen LogP contribution in [0, 0.1) is 76.6 Å². The maximum atomic E-state index is 8.25. The molecule has 0 fully saturated rings. The molecule has 22 heteroatoms. The fourth-order valence-electron chi connectivity index (χ4n) is 0. The molecule has 0 atom stereocenters. The van der Waals surface area contributed by atoms with Crippen molar-refractivity contribution in [2.24, 2.45) is 0 Å². The van der Waals surface area contributed by atoms with Crippen LogP contribution in [0.2, 0.25) is 0 Å². The van der Waals surface area contributed by atoms with Gasteiger partial charge in [0.1, 0.15) is 0 Å². The Morgan fingerprint density at radius 2 is 0.364 bits per heavy atom. The monoisotopic (exact) mass is 727 g/mol. The molecule has 0 aliphatic carbocycles. The third-order valence-electron chi connectivity index (χ3n) is 0. The van der Waals surface area contributed by atoms with Gasteiger partial charge >= 0.3 is 53.5 Å². The molecule has 20 nitrogen and oxygen atoms in total. The second-order valence-corrected chi connectivity index (χ2v) is 1.12. The molecular weight excluding hydrogens is 726 g/mol. The van der Waals surface area contributed by atoms with Crippen molar-refractivity contribution in [3.8, 4) is 0 Å². The Morgan fingerprint density at radius 3 is 0.364 bits per heavy atom. The first kappa shape index (κ1) is 42.7. The molecule has 4 radical (unpaired) electrons. The minimum atomic E-state index is -1.75. The largest absolute Gasteiger partial charge is 3.00 e. The Morgan fingerprint density at radius 1 is 0.364 bits per heavy atom. The van der Waals surface area contributed by atoms with Crippen molar-refractivity contribution in [3.63, 3.8) is 0 Å². The van der Waals surface area contributed by atoms with E-state index in [2.05, 4.69) is 0 Å². The smallest absolute Gasteiger partial charge is 0.356 e. The molecule has 0 saturated heterocycles. The zero-order valence-electron chi connectivity index (χ0n) is 9.31. The van der Waals surface area contributed by atoms with Gasteiger partial charge in [0.05, 0.1) is 25.4 Å². The minimum absolute atomic E-state index is 0. The van der Waals surface area contributed by atoms with Crippen LogP contribution in [0.1, 0.15) is 0 Å². The normalized spacial score (nSPS) is 5.45. The van der Waals surface area contributed by atoms with Gasteiger partial charge < -0.3 is 76.6 Å². The molecule has 0 aromatic heterocycles. The van der Waals surface area contributed by atoms with Gasteiger partial charge in [-0.1, -0.05) is 0 Å². The van der Waals surface area contributed by atoms with Gasteiger partial charge in [-0.05, 0) is 0 Å². The van der Waals surface area contributed by atoms with Gasteiger partial charge in [0.25, 0.3) is 0 Å². The molecule has 0 aromatic rings. The number of hydrogen-bond donors (Lipinski definition) is 0. The molecule has 0 rings (SSSR count). The van der Waals surface area contributed by atoms with Crippen LogP contribution in [0.4, 0.5) is 0 Å². The molecule has 0 amide bonds. The fourth-order valence-corrected chi connectivity index (χ4v) is 0. The van der Waals surface area contributed by atoms with Crippen molar-refractivity contribution < 1.29 is 25.4 Å². The summed E-state index contributed by atoms with van der Waals surface area (Å²) in [5.41, 5.74) is 0. The van der Waals surface area contributed by atoms with E-state index < -0.39 is 25.4 Å². The molecule has 0 saturated carbocycles. The third kappa shape index (κ3) is 1040. The molecule has 0 aromatic carbocycles. The Kier molecular flexibility index (Phi) is 70.6. The van der Waals surface area contributed by atoms with E-state index >= 15 is 0 Å². The van der Waals surface area contributed by atoms with Crippen molar-refractivity contribution in [3.05, 3.63) is 76.6 Å². The van der Waals surface area contributed by atoms with Crippen molar-refractivity contribution in [1.29, 1.82) is 0 Å². The van der Waals surface area contributed by atoms with Crippen LogP contribution >= 0.6 is 0 Å². The molecule has 0 unspecified atom stereocenters. The summed E-state index contributed by atoms with van der Waals surface area (Å²) in [6.45, 7) is 0. The zero-order valence-corrected chi connectivity index (χ0v) is 16.7. The molecular formula is BiN5O15Pb. The van der Waals surface area contributed by atoms with E-state index in [4.69, 9.17) is 76.6 Å². The summed E-state index contributed by atoms with van der Waals surface area (Å²) in [5, 5.41) is 73.8. The molecule has 0 aliphatic rings. The number of rotatable bonds is 0. The average Bonchev–Trinajstić information content (AvgIpc) is 1.94. The summed E-state index contributed by atoms with van der Waals surface area (Å²) in [6.07, 6.45) is 0. The molecule has 0 spiro atoms. The van der Waals surface area contributed by atoms with Crippen LogP contribution < -0.4 is 0 Å². The molecule has 0 heterocycles. The van der Waals surface area contributed by atoms with Crippen LogP contribution in [0.3, 0.4) is 0 Å². The first-order chi connectivity index (χ1) is 8.66. The van der Waals surface area contributed by atoms with Crippen molar-refractivity contribution in [2.75, 3.05) is 0 Å². The van der Waals surface area contributed by atoms with E-state index in [-0.39, 0.29) is 53.5 Å². The second kappa shape index (κ2) is 36.4. The van der Waals surface area contributed by atoms with E-state index in [1.54, 1.807) is 0 Å². The van der Waals surface area contributed by atoms with Gasteiger partial charge in [-0.2, -0.15) is 0 Å². The number of hydrogen-bond acceptors (Lipinski definition) is 15. The van der Waals surface area contributed by atoms with Crippen LogP contribution in [0.15, 0.2) is 0 Å². The fraction of sp³-hybridized carbons (Fsp3) is 0. The molecule has 0 N–H and O–H groups in total. The average molecular weight is 726 g/mol. The van der Waals surface area contributed by atoms with Crippen molar-refractivity contribution >= 4 is 53.5 Å². The summed E-state index contributed by atoms with van der Waals surface area (Å²) in [7, 11) is 0. The predicted octanol–water partition coefficient (Wildman–Crippen LogP) is -1.96. The maximum Gasteiger partial charge on any atom is 3.00 e. The molecule has 22 heavy (non-hydrogen) atoms. The molecule has 0 aliphatic heterocycles. The summed E-state index contributed by atoms with van der Waals surface area (Å²) in [6, 6.07) is 0. The standard InChI is InChI=1S/Bi.5NO3.Pb/c;5*2-1(3)4;/q+3;5*-1;+2. The van der Waals surface area contributed by atoms with Gasteiger partial charge in [0, 0.05) is 0 Å². The summed E-state index contributed by atoms with van der Waals surface area (Å²) >= 11 is 0. The quantitative estimate of drug-likeness (QED) is 0.149. The van der Waals surface area contributed by atoms with E-state index in [1.807, 2.05) is 0 Å². The Labute approximate surface area is 155 Å². The SMILES string of the molecule is O=[N+]([O-])[O-].O=[N+]([O-])[O-].O=[N+]([O-])[O-].O=[N+]([O-])[O-].O=[N+]([O-])[O-].[Bi+3].[Pb+2]. The van der Waals surface area contributed by atoms with Gasteiger partial charge in [-0.3, -0.25) is 0 Å². The van der Waals surface area contributed by atoms with Gasteiger partial charge in [-0.15, -0.1) is 0 Å².